The molecule has 4 heteroatoms. The van der Waals surface area contributed by atoms with Gasteiger partial charge in [0.05, 0.1) is 7.11 Å². The first-order chi connectivity index (χ1) is 10.8. The second-order valence-electron chi connectivity index (χ2n) is 5.77. The Labute approximate surface area is 133 Å². The molecule has 1 saturated heterocycles. The summed E-state index contributed by atoms with van der Waals surface area (Å²) in [5, 5.41) is 3.39. The van der Waals surface area contributed by atoms with E-state index in [0.717, 1.165) is 57.4 Å². The molecule has 122 valence electrons. The summed E-state index contributed by atoms with van der Waals surface area (Å²) in [7, 11) is 1.52. The standard InChI is InChI=1S/C18H27FN2O/c1-3-4-5-6-7-17(21-12-10-20-11-13-21)15-8-9-16(19)18(14-15)22-2/h3,8-9,14,17,20H,1,4-7,10-13H2,2H3/t17-/m0/s1. The van der Waals surface area contributed by atoms with Gasteiger partial charge in [-0.2, -0.15) is 0 Å². The maximum absolute atomic E-state index is 13.7. The van der Waals surface area contributed by atoms with Gasteiger partial charge >= 0.3 is 0 Å². The first-order valence-electron chi connectivity index (χ1n) is 8.15. The molecule has 0 saturated carbocycles. The van der Waals surface area contributed by atoms with Gasteiger partial charge in [0.25, 0.3) is 0 Å². The number of halogens is 1. The van der Waals surface area contributed by atoms with E-state index >= 15 is 0 Å². The third-order valence-corrected chi connectivity index (χ3v) is 4.29. The van der Waals surface area contributed by atoms with Crippen molar-refractivity contribution in [3.05, 3.63) is 42.2 Å². The lowest BCUT2D eigenvalue weighted by atomic mass is 9.97. The molecule has 1 aliphatic rings. The van der Waals surface area contributed by atoms with E-state index in [1.807, 2.05) is 18.2 Å². The smallest absolute Gasteiger partial charge is 0.165 e. The fourth-order valence-corrected chi connectivity index (χ4v) is 3.06. The molecule has 1 fully saturated rings. The van der Waals surface area contributed by atoms with Gasteiger partial charge in [-0.15, -0.1) is 6.58 Å². The number of ether oxygens (including phenoxy) is 1. The molecular weight excluding hydrogens is 279 g/mol. The van der Waals surface area contributed by atoms with Gasteiger partial charge in [-0.25, -0.2) is 4.39 Å². The minimum Gasteiger partial charge on any atom is -0.494 e. The predicted octanol–water partition coefficient (Wildman–Crippen LogP) is 3.53. The number of hydrogen-bond donors (Lipinski definition) is 1. The highest BCUT2D eigenvalue weighted by molar-refractivity contribution is 5.32. The first-order valence-corrected chi connectivity index (χ1v) is 8.15. The summed E-state index contributed by atoms with van der Waals surface area (Å²) in [6.45, 7) is 7.88. The van der Waals surface area contributed by atoms with E-state index in [9.17, 15) is 4.39 Å². The number of unbranched alkanes of at least 4 members (excludes halogenated alkanes) is 2. The van der Waals surface area contributed by atoms with Gasteiger partial charge in [0.15, 0.2) is 11.6 Å². The Hall–Kier alpha value is -1.39. The lowest BCUT2D eigenvalue weighted by Crippen LogP contribution is -2.45. The van der Waals surface area contributed by atoms with Gasteiger partial charge in [0, 0.05) is 32.2 Å². The highest BCUT2D eigenvalue weighted by atomic mass is 19.1. The van der Waals surface area contributed by atoms with Crippen molar-refractivity contribution in [2.24, 2.45) is 0 Å². The number of nitrogens with one attached hydrogen (secondary N) is 1. The Kier molecular flexibility index (Phi) is 6.87. The fraction of sp³-hybridized carbons (Fsp3) is 0.556. The molecule has 0 radical (unpaired) electrons. The van der Waals surface area contributed by atoms with Crippen molar-refractivity contribution >= 4 is 0 Å². The summed E-state index contributed by atoms with van der Waals surface area (Å²) < 4.78 is 18.8. The molecule has 1 N–H and O–H groups in total. The van der Waals surface area contributed by atoms with E-state index in [0.29, 0.717) is 11.8 Å². The van der Waals surface area contributed by atoms with E-state index in [-0.39, 0.29) is 5.82 Å². The van der Waals surface area contributed by atoms with Crippen LogP contribution in [0.4, 0.5) is 4.39 Å². The number of benzene rings is 1. The number of hydrogen-bond acceptors (Lipinski definition) is 3. The molecule has 0 amide bonds. The SMILES string of the molecule is C=CCCCC[C@@H](c1ccc(F)c(OC)c1)N1CCNCC1. The fourth-order valence-electron chi connectivity index (χ4n) is 3.06. The zero-order valence-corrected chi connectivity index (χ0v) is 13.5. The summed E-state index contributed by atoms with van der Waals surface area (Å²) >= 11 is 0. The second kappa shape index (κ2) is 8.91. The van der Waals surface area contributed by atoms with Crippen LogP contribution < -0.4 is 10.1 Å². The van der Waals surface area contributed by atoms with E-state index in [1.54, 1.807) is 0 Å². The minimum atomic E-state index is -0.294. The van der Waals surface area contributed by atoms with Gasteiger partial charge in [0.2, 0.25) is 0 Å². The Balaban J connectivity index is 2.12. The van der Waals surface area contributed by atoms with Crippen LogP contribution >= 0.6 is 0 Å². The Morgan fingerprint density at radius 3 is 2.82 bits per heavy atom. The third-order valence-electron chi connectivity index (χ3n) is 4.29. The van der Waals surface area contributed by atoms with Crippen molar-refractivity contribution in [3.8, 4) is 5.75 Å². The molecule has 0 aromatic heterocycles. The Morgan fingerprint density at radius 1 is 1.36 bits per heavy atom. The van der Waals surface area contributed by atoms with Crippen LogP contribution in [0.5, 0.6) is 5.75 Å². The van der Waals surface area contributed by atoms with Gasteiger partial charge in [-0.3, -0.25) is 4.90 Å². The lowest BCUT2D eigenvalue weighted by Gasteiger charge is -2.35. The van der Waals surface area contributed by atoms with Crippen LogP contribution in [0.1, 0.15) is 37.3 Å². The quantitative estimate of drug-likeness (QED) is 0.587. The van der Waals surface area contributed by atoms with Crippen molar-refractivity contribution in [2.75, 3.05) is 33.3 Å². The number of methoxy groups -OCH3 is 1. The van der Waals surface area contributed by atoms with Gasteiger partial charge < -0.3 is 10.1 Å². The van der Waals surface area contributed by atoms with Crippen molar-refractivity contribution < 1.29 is 9.13 Å². The van der Waals surface area contributed by atoms with E-state index in [2.05, 4.69) is 16.8 Å². The van der Waals surface area contributed by atoms with Crippen LogP contribution in [0.2, 0.25) is 0 Å². The van der Waals surface area contributed by atoms with Gasteiger partial charge in [-0.05, 0) is 37.0 Å². The van der Waals surface area contributed by atoms with Crippen LogP contribution in [-0.4, -0.2) is 38.2 Å². The van der Waals surface area contributed by atoms with Crippen LogP contribution in [0.3, 0.4) is 0 Å². The van der Waals surface area contributed by atoms with Crippen LogP contribution in [0.25, 0.3) is 0 Å². The molecular formula is C18H27FN2O. The number of rotatable bonds is 8. The zero-order chi connectivity index (χ0) is 15.8. The minimum absolute atomic E-state index is 0.294. The molecule has 1 aliphatic heterocycles. The average molecular weight is 306 g/mol. The van der Waals surface area contributed by atoms with E-state index in [4.69, 9.17) is 4.74 Å². The zero-order valence-electron chi connectivity index (χ0n) is 13.5. The molecule has 2 rings (SSSR count). The second-order valence-corrected chi connectivity index (χ2v) is 5.77. The Bertz CT molecular complexity index is 472. The summed E-state index contributed by atoms with van der Waals surface area (Å²) in [5.74, 6) is 0.0423. The monoisotopic (exact) mass is 306 g/mol. The van der Waals surface area contributed by atoms with Crippen LogP contribution in [-0.2, 0) is 0 Å². The van der Waals surface area contributed by atoms with Crippen LogP contribution in [0, 0.1) is 5.82 Å². The molecule has 0 unspecified atom stereocenters. The highest BCUT2D eigenvalue weighted by Crippen LogP contribution is 2.30. The topological polar surface area (TPSA) is 24.5 Å². The average Bonchev–Trinajstić information content (AvgIpc) is 2.56. The number of piperazine rings is 1. The van der Waals surface area contributed by atoms with Crippen LogP contribution in [0.15, 0.2) is 30.9 Å². The number of nitrogens with zero attached hydrogens (tertiary/aromatic N) is 1. The molecule has 1 atom stereocenters. The summed E-state index contributed by atoms with van der Waals surface area (Å²) in [6, 6.07) is 5.61. The maximum Gasteiger partial charge on any atom is 0.165 e. The molecule has 1 aromatic carbocycles. The van der Waals surface area contributed by atoms with Gasteiger partial charge in [0.1, 0.15) is 0 Å². The highest BCUT2D eigenvalue weighted by Gasteiger charge is 2.22. The summed E-state index contributed by atoms with van der Waals surface area (Å²) in [5.41, 5.74) is 1.15. The molecule has 0 bridgehead atoms. The maximum atomic E-state index is 13.7. The molecule has 1 aromatic rings. The molecule has 0 aliphatic carbocycles. The summed E-state index contributed by atoms with van der Waals surface area (Å²) in [4.78, 5) is 2.50. The molecule has 1 heterocycles. The molecule has 0 spiro atoms. The van der Waals surface area contributed by atoms with Crippen molar-refractivity contribution in [2.45, 2.75) is 31.7 Å². The largest absolute Gasteiger partial charge is 0.494 e. The van der Waals surface area contributed by atoms with Crippen molar-refractivity contribution in [1.29, 1.82) is 0 Å². The van der Waals surface area contributed by atoms with Crippen molar-refractivity contribution in [3.63, 3.8) is 0 Å². The lowest BCUT2D eigenvalue weighted by molar-refractivity contribution is 0.162. The molecule has 22 heavy (non-hydrogen) atoms. The normalized spacial score (nSPS) is 17.2. The number of allylic oxidation sites excluding steroid dienone is 1. The molecule has 3 nitrogen and oxygen atoms in total. The van der Waals surface area contributed by atoms with Gasteiger partial charge in [-0.1, -0.05) is 18.6 Å². The first kappa shape index (κ1) is 17.0. The predicted molar refractivity (Wildman–Crippen MR) is 88.8 cm³/mol. The summed E-state index contributed by atoms with van der Waals surface area (Å²) in [6.07, 6.45) is 6.43. The van der Waals surface area contributed by atoms with Crippen molar-refractivity contribution in [1.82, 2.24) is 10.2 Å². The van der Waals surface area contributed by atoms with E-state index < -0.39 is 0 Å². The third kappa shape index (κ3) is 4.55. The Morgan fingerprint density at radius 2 is 2.14 bits per heavy atom. The van der Waals surface area contributed by atoms with E-state index in [1.165, 1.54) is 13.2 Å².